The number of rotatable bonds is 4. The molecule has 0 aromatic heterocycles. The first kappa shape index (κ1) is 15.5. The summed E-state index contributed by atoms with van der Waals surface area (Å²) >= 11 is 12.0. The van der Waals surface area contributed by atoms with Gasteiger partial charge in [0.1, 0.15) is 0 Å². The molecule has 0 aliphatic heterocycles. The molecular weight excluding hydrogens is 311 g/mol. The Hall–Kier alpha value is -1.91. The SMILES string of the molecule is CC(Nc1ccc(N)c(C(=O)O)c1)c1ccc(Cl)cc1Cl. The normalized spacial score (nSPS) is 12.0. The molecule has 6 heteroatoms. The molecule has 1 unspecified atom stereocenters. The fourth-order valence-electron chi connectivity index (χ4n) is 2.01. The second-order valence-corrected chi connectivity index (χ2v) is 5.48. The summed E-state index contributed by atoms with van der Waals surface area (Å²) in [5, 5.41) is 13.4. The zero-order valence-corrected chi connectivity index (χ0v) is 12.7. The molecule has 110 valence electrons. The van der Waals surface area contributed by atoms with Gasteiger partial charge in [0.2, 0.25) is 0 Å². The van der Waals surface area contributed by atoms with Gasteiger partial charge in [-0.15, -0.1) is 0 Å². The predicted octanol–water partition coefficient (Wildman–Crippen LogP) is 4.45. The van der Waals surface area contributed by atoms with Crippen LogP contribution in [0, 0.1) is 0 Å². The molecule has 4 N–H and O–H groups in total. The first-order chi connectivity index (χ1) is 9.88. The average molecular weight is 325 g/mol. The van der Waals surface area contributed by atoms with Crippen molar-refractivity contribution in [3.8, 4) is 0 Å². The Morgan fingerprint density at radius 3 is 2.57 bits per heavy atom. The van der Waals surface area contributed by atoms with E-state index in [-0.39, 0.29) is 17.3 Å². The van der Waals surface area contributed by atoms with Gasteiger partial charge in [0.25, 0.3) is 0 Å². The fourth-order valence-corrected chi connectivity index (χ4v) is 2.58. The van der Waals surface area contributed by atoms with Crippen molar-refractivity contribution < 1.29 is 9.90 Å². The van der Waals surface area contributed by atoms with Gasteiger partial charge in [-0.3, -0.25) is 0 Å². The number of nitrogen functional groups attached to an aromatic ring is 1. The second-order valence-electron chi connectivity index (χ2n) is 4.64. The zero-order valence-electron chi connectivity index (χ0n) is 11.2. The lowest BCUT2D eigenvalue weighted by atomic mass is 10.1. The van der Waals surface area contributed by atoms with Gasteiger partial charge in [-0.2, -0.15) is 0 Å². The minimum atomic E-state index is -1.06. The maximum absolute atomic E-state index is 11.1. The molecule has 0 aliphatic rings. The van der Waals surface area contributed by atoms with Crippen LogP contribution in [0.3, 0.4) is 0 Å². The number of carboxylic acid groups (broad SMARTS) is 1. The van der Waals surface area contributed by atoms with E-state index in [1.165, 1.54) is 6.07 Å². The molecule has 21 heavy (non-hydrogen) atoms. The molecule has 0 heterocycles. The summed E-state index contributed by atoms with van der Waals surface area (Å²) in [5.41, 5.74) is 7.44. The van der Waals surface area contributed by atoms with Gasteiger partial charge in [0, 0.05) is 27.5 Å². The van der Waals surface area contributed by atoms with Gasteiger partial charge in [-0.05, 0) is 42.8 Å². The third kappa shape index (κ3) is 3.60. The Labute approximate surface area is 132 Å². The molecular formula is C15H14Cl2N2O2. The summed E-state index contributed by atoms with van der Waals surface area (Å²) in [6, 6.07) is 9.93. The van der Waals surface area contributed by atoms with E-state index in [4.69, 9.17) is 34.0 Å². The van der Waals surface area contributed by atoms with E-state index in [0.29, 0.717) is 15.7 Å². The van der Waals surface area contributed by atoms with Crippen molar-refractivity contribution in [2.75, 3.05) is 11.1 Å². The van der Waals surface area contributed by atoms with Gasteiger partial charge in [0.05, 0.1) is 5.56 Å². The lowest BCUT2D eigenvalue weighted by molar-refractivity contribution is 0.0698. The van der Waals surface area contributed by atoms with Crippen molar-refractivity contribution in [1.82, 2.24) is 0 Å². The number of benzene rings is 2. The highest BCUT2D eigenvalue weighted by Gasteiger charge is 2.13. The van der Waals surface area contributed by atoms with Gasteiger partial charge in [-0.1, -0.05) is 29.3 Å². The van der Waals surface area contributed by atoms with Crippen LogP contribution in [0.25, 0.3) is 0 Å². The molecule has 2 aromatic carbocycles. The highest BCUT2D eigenvalue weighted by Crippen LogP contribution is 2.29. The molecule has 0 amide bonds. The maximum Gasteiger partial charge on any atom is 0.337 e. The van der Waals surface area contributed by atoms with Crippen LogP contribution >= 0.6 is 23.2 Å². The van der Waals surface area contributed by atoms with Crippen molar-refractivity contribution in [2.45, 2.75) is 13.0 Å². The number of halogens is 2. The van der Waals surface area contributed by atoms with Crippen molar-refractivity contribution in [3.05, 3.63) is 57.6 Å². The molecule has 0 spiro atoms. The molecule has 0 saturated carbocycles. The molecule has 0 radical (unpaired) electrons. The van der Waals surface area contributed by atoms with E-state index in [9.17, 15) is 4.79 Å². The zero-order chi connectivity index (χ0) is 15.6. The standard InChI is InChI=1S/C15H14Cl2N2O2/c1-8(11-4-2-9(16)6-13(11)17)19-10-3-5-14(18)12(7-10)15(20)21/h2-8,19H,18H2,1H3,(H,20,21). The largest absolute Gasteiger partial charge is 0.478 e. The number of carbonyl (C=O) groups is 1. The smallest absolute Gasteiger partial charge is 0.337 e. The Morgan fingerprint density at radius 2 is 1.95 bits per heavy atom. The quantitative estimate of drug-likeness (QED) is 0.726. The van der Waals surface area contributed by atoms with E-state index in [0.717, 1.165) is 5.56 Å². The van der Waals surface area contributed by atoms with Crippen molar-refractivity contribution in [3.63, 3.8) is 0 Å². The molecule has 1 atom stereocenters. The third-order valence-corrected chi connectivity index (χ3v) is 3.66. The third-order valence-electron chi connectivity index (χ3n) is 3.10. The van der Waals surface area contributed by atoms with Gasteiger partial charge in [-0.25, -0.2) is 4.79 Å². The Bertz CT molecular complexity index is 689. The summed E-state index contributed by atoms with van der Waals surface area (Å²) < 4.78 is 0. The number of anilines is 2. The molecule has 4 nitrogen and oxygen atoms in total. The number of hydrogen-bond donors (Lipinski definition) is 3. The Balaban J connectivity index is 2.25. The number of nitrogens with two attached hydrogens (primary N) is 1. The second kappa shape index (κ2) is 6.24. The number of hydrogen-bond acceptors (Lipinski definition) is 3. The first-order valence-corrected chi connectivity index (χ1v) is 6.98. The van der Waals surface area contributed by atoms with Gasteiger partial charge >= 0.3 is 5.97 Å². The molecule has 2 rings (SSSR count). The van der Waals surface area contributed by atoms with Crippen LogP contribution in [0.4, 0.5) is 11.4 Å². The first-order valence-electron chi connectivity index (χ1n) is 6.23. The molecule has 0 bridgehead atoms. The maximum atomic E-state index is 11.1. The van der Waals surface area contributed by atoms with E-state index < -0.39 is 5.97 Å². The Kier molecular flexibility index (Phi) is 4.60. The number of aromatic carboxylic acids is 1. The van der Waals surface area contributed by atoms with Crippen LogP contribution in [0.2, 0.25) is 10.0 Å². The van der Waals surface area contributed by atoms with Crippen LogP contribution in [0.5, 0.6) is 0 Å². The highest BCUT2D eigenvalue weighted by molar-refractivity contribution is 6.35. The number of carboxylic acids is 1. The van der Waals surface area contributed by atoms with Gasteiger partial charge < -0.3 is 16.2 Å². The topological polar surface area (TPSA) is 75.3 Å². The van der Waals surface area contributed by atoms with Crippen molar-refractivity contribution in [1.29, 1.82) is 0 Å². The summed E-state index contributed by atoms with van der Waals surface area (Å²) in [6.07, 6.45) is 0. The van der Waals surface area contributed by atoms with Crippen molar-refractivity contribution in [2.24, 2.45) is 0 Å². The van der Waals surface area contributed by atoms with Crippen molar-refractivity contribution >= 4 is 40.5 Å². The minimum absolute atomic E-state index is 0.0643. The average Bonchev–Trinajstić information content (AvgIpc) is 2.40. The lowest BCUT2D eigenvalue weighted by Crippen LogP contribution is -2.09. The summed E-state index contributed by atoms with van der Waals surface area (Å²) in [4.78, 5) is 11.1. The fraction of sp³-hybridized carbons (Fsp3) is 0.133. The Morgan fingerprint density at radius 1 is 1.24 bits per heavy atom. The summed E-state index contributed by atoms with van der Waals surface area (Å²) in [6.45, 7) is 1.92. The lowest BCUT2D eigenvalue weighted by Gasteiger charge is -2.18. The van der Waals surface area contributed by atoms with E-state index in [1.807, 2.05) is 13.0 Å². The number of nitrogens with one attached hydrogen (secondary N) is 1. The summed E-state index contributed by atoms with van der Waals surface area (Å²) in [5.74, 6) is -1.06. The van der Waals surface area contributed by atoms with Crippen LogP contribution in [0.15, 0.2) is 36.4 Å². The van der Waals surface area contributed by atoms with E-state index in [2.05, 4.69) is 5.32 Å². The molecule has 0 saturated heterocycles. The monoisotopic (exact) mass is 324 g/mol. The van der Waals surface area contributed by atoms with E-state index >= 15 is 0 Å². The van der Waals surface area contributed by atoms with Crippen LogP contribution in [-0.2, 0) is 0 Å². The molecule has 0 aliphatic carbocycles. The molecule has 2 aromatic rings. The molecule has 0 fully saturated rings. The van der Waals surface area contributed by atoms with Gasteiger partial charge in [0.15, 0.2) is 0 Å². The van der Waals surface area contributed by atoms with Crippen LogP contribution < -0.4 is 11.1 Å². The predicted molar refractivity (Wildman–Crippen MR) is 86.3 cm³/mol. The van der Waals surface area contributed by atoms with Crippen LogP contribution in [0.1, 0.15) is 28.9 Å². The highest BCUT2D eigenvalue weighted by atomic mass is 35.5. The summed E-state index contributed by atoms with van der Waals surface area (Å²) in [7, 11) is 0. The van der Waals surface area contributed by atoms with Crippen LogP contribution in [-0.4, -0.2) is 11.1 Å². The van der Waals surface area contributed by atoms with E-state index in [1.54, 1.807) is 24.3 Å². The minimum Gasteiger partial charge on any atom is -0.478 e.